The van der Waals surface area contributed by atoms with Crippen LogP contribution in [0, 0.1) is 5.82 Å². The Kier molecular flexibility index (Phi) is 3.97. The highest BCUT2D eigenvalue weighted by Crippen LogP contribution is 2.32. The van der Waals surface area contributed by atoms with Crippen LogP contribution in [0.25, 0.3) is 0 Å². The first kappa shape index (κ1) is 12.3. The summed E-state index contributed by atoms with van der Waals surface area (Å²) in [7, 11) is 4.08. The Bertz CT molecular complexity index is 382. The van der Waals surface area contributed by atoms with Crippen molar-refractivity contribution in [1.82, 2.24) is 10.2 Å². The molecule has 2 rings (SSSR count). The summed E-state index contributed by atoms with van der Waals surface area (Å²) < 4.78 is 18.7. The molecule has 0 aliphatic carbocycles. The lowest BCUT2D eigenvalue weighted by molar-refractivity contribution is 0.248. The lowest BCUT2D eigenvalue weighted by Gasteiger charge is -2.27. The monoisotopic (exact) mass is 238 g/mol. The second kappa shape index (κ2) is 5.47. The van der Waals surface area contributed by atoms with Crippen LogP contribution in [0.1, 0.15) is 18.0 Å². The van der Waals surface area contributed by atoms with Crippen LogP contribution in [0.3, 0.4) is 0 Å². The summed E-state index contributed by atoms with van der Waals surface area (Å²) in [5.41, 5.74) is 0.940. The molecular formula is C13H19FN2O. The third-order valence-corrected chi connectivity index (χ3v) is 2.96. The van der Waals surface area contributed by atoms with E-state index in [4.69, 9.17) is 4.74 Å². The Labute approximate surface area is 102 Å². The molecular weight excluding hydrogens is 219 g/mol. The Balaban J connectivity index is 2.03. The van der Waals surface area contributed by atoms with Crippen molar-refractivity contribution >= 4 is 0 Å². The number of hydrogen-bond donors (Lipinski definition) is 1. The van der Waals surface area contributed by atoms with Crippen molar-refractivity contribution in [2.24, 2.45) is 0 Å². The predicted octanol–water partition coefficient (Wildman–Crippen LogP) is 1.80. The van der Waals surface area contributed by atoms with Gasteiger partial charge < -0.3 is 15.0 Å². The number of ether oxygens (including phenoxy) is 1. The molecule has 1 aliphatic heterocycles. The van der Waals surface area contributed by atoms with Gasteiger partial charge in [-0.05, 0) is 32.3 Å². The van der Waals surface area contributed by atoms with E-state index in [0.29, 0.717) is 6.61 Å². The van der Waals surface area contributed by atoms with E-state index in [1.807, 2.05) is 14.1 Å². The van der Waals surface area contributed by atoms with Crippen LogP contribution in [-0.2, 0) is 0 Å². The van der Waals surface area contributed by atoms with Crippen molar-refractivity contribution in [2.45, 2.75) is 12.5 Å². The van der Waals surface area contributed by atoms with Gasteiger partial charge >= 0.3 is 0 Å². The predicted molar refractivity (Wildman–Crippen MR) is 65.8 cm³/mol. The molecule has 0 bridgehead atoms. The molecule has 0 fully saturated rings. The van der Waals surface area contributed by atoms with Crippen LogP contribution in [0.5, 0.6) is 5.75 Å². The molecule has 1 aromatic carbocycles. The second-order valence-electron chi connectivity index (χ2n) is 4.63. The summed E-state index contributed by atoms with van der Waals surface area (Å²) in [6, 6.07) is 4.93. The summed E-state index contributed by atoms with van der Waals surface area (Å²) in [6.45, 7) is 2.56. The van der Waals surface area contributed by atoms with Crippen LogP contribution in [-0.4, -0.2) is 38.7 Å². The molecule has 3 nitrogen and oxygen atoms in total. The Morgan fingerprint density at radius 2 is 2.29 bits per heavy atom. The normalized spacial score (nSPS) is 18.9. The minimum atomic E-state index is -0.200. The second-order valence-corrected chi connectivity index (χ2v) is 4.63. The van der Waals surface area contributed by atoms with Gasteiger partial charge in [0, 0.05) is 31.1 Å². The van der Waals surface area contributed by atoms with E-state index in [-0.39, 0.29) is 11.9 Å². The van der Waals surface area contributed by atoms with Gasteiger partial charge in [0.15, 0.2) is 0 Å². The van der Waals surface area contributed by atoms with Gasteiger partial charge in [0.1, 0.15) is 11.6 Å². The van der Waals surface area contributed by atoms with Gasteiger partial charge in [-0.1, -0.05) is 0 Å². The first-order valence-corrected chi connectivity index (χ1v) is 5.97. The molecule has 0 saturated carbocycles. The van der Waals surface area contributed by atoms with Crippen LogP contribution < -0.4 is 10.1 Å². The fraction of sp³-hybridized carbons (Fsp3) is 0.538. The zero-order chi connectivity index (χ0) is 12.3. The molecule has 94 valence electrons. The van der Waals surface area contributed by atoms with E-state index in [2.05, 4.69) is 10.2 Å². The van der Waals surface area contributed by atoms with Gasteiger partial charge in [0.2, 0.25) is 0 Å². The van der Waals surface area contributed by atoms with Crippen LogP contribution in [0.2, 0.25) is 0 Å². The minimum absolute atomic E-state index is 0.200. The van der Waals surface area contributed by atoms with Gasteiger partial charge in [-0.15, -0.1) is 0 Å². The zero-order valence-electron chi connectivity index (χ0n) is 10.4. The summed E-state index contributed by atoms with van der Waals surface area (Å²) >= 11 is 0. The highest BCUT2D eigenvalue weighted by Gasteiger charge is 2.21. The topological polar surface area (TPSA) is 24.5 Å². The Morgan fingerprint density at radius 3 is 3.06 bits per heavy atom. The summed E-state index contributed by atoms with van der Waals surface area (Å²) in [4.78, 5) is 2.12. The SMILES string of the molecule is CN(C)CCNC1CCOc2ccc(F)cc21. The zero-order valence-corrected chi connectivity index (χ0v) is 10.4. The molecule has 0 spiro atoms. The maximum absolute atomic E-state index is 13.2. The van der Waals surface area contributed by atoms with Crippen molar-refractivity contribution in [2.75, 3.05) is 33.8 Å². The number of hydrogen-bond acceptors (Lipinski definition) is 3. The number of rotatable bonds is 4. The summed E-state index contributed by atoms with van der Waals surface area (Å²) in [5, 5.41) is 3.45. The Morgan fingerprint density at radius 1 is 1.47 bits per heavy atom. The molecule has 1 atom stereocenters. The van der Waals surface area contributed by atoms with Crippen LogP contribution in [0.15, 0.2) is 18.2 Å². The smallest absolute Gasteiger partial charge is 0.124 e. The largest absolute Gasteiger partial charge is 0.493 e. The highest BCUT2D eigenvalue weighted by molar-refractivity contribution is 5.37. The quantitative estimate of drug-likeness (QED) is 0.865. The fourth-order valence-corrected chi connectivity index (χ4v) is 2.04. The standard InChI is InChI=1S/C13H19FN2O/c1-16(2)7-6-15-12-5-8-17-13-4-3-10(14)9-11(12)13/h3-4,9,12,15H,5-8H2,1-2H3. The number of halogens is 1. The van der Waals surface area contributed by atoms with Gasteiger partial charge in [0.05, 0.1) is 6.61 Å². The minimum Gasteiger partial charge on any atom is -0.493 e. The van der Waals surface area contributed by atoms with Gasteiger partial charge in [-0.2, -0.15) is 0 Å². The van der Waals surface area contributed by atoms with E-state index in [1.54, 1.807) is 12.1 Å². The molecule has 0 radical (unpaired) electrons. The van der Waals surface area contributed by atoms with Crippen LogP contribution >= 0.6 is 0 Å². The molecule has 4 heteroatoms. The molecule has 0 saturated heterocycles. The van der Waals surface area contributed by atoms with Gasteiger partial charge in [-0.25, -0.2) is 4.39 Å². The lowest BCUT2D eigenvalue weighted by atomic mass is 10.0. The number of fused-ring (bicyclic) bond motifs is 1. The molecule has 1 heterocycles. The molecule has 1 unspecified atom stereocenters. The third kappa shape index (κ3) is 3.17. The van der Waals surface area contributed by atoms with E-state index in [1.165, 1.54) is 6.07 Å². The first-order chi connectivity index (χ1) is 8.16. The molecule has 0 aromatic heterocycles. The van der Waals surface area contributed by atoms with Gasteiger partial charge in [0.25, 0.3) is 0 Å². The molecule has 1 N–H and O–H groups in total. The molecule has 0 amide bonds. The highest BCUT2D eigenvalue weighted by atomic mass is 19.1. The fourth-order valence-electron chi connectivity index (χ4n) is 2.04. The van der Waals surface area contributed by atoms with Crippen molar-refractivity contribution in [3.05, 3.63) is 29.6 Å². The third-order valence-electron chi connectivity index (χ3n) is 2.96. The summed E-state index contributed by atoms with van der Waals surface area (Å²) in [5.74, 6) is 0.605. The number of nitrogens with zero attached hydrogens (tertiary/aromatic N) is 1. The maximum Gasteiger partial charge on any atom is 0.124 e. The van der Waals surface area contributed by atoms with E-state index < -0.39 is 0 Å². The van der Waals surface area contributed by atoms with E-state index in [9.17, 15) is 4.39 Å². The number of likely N-dealkylation sites (N-methyl/N-ethyl adjacent to an activating group) is 1. The molecule has 1 aromatic rings. The average molecular weight is 238 g/mol. The molecule has 1 aliphatic rings. The lowest BCUT2D eigenvalue weighted by Crippen LogP contribution is -2.32. The maximum atomic E-state index is 13.2. The van der Waals surface area contributed by atoms with Crippen molar-refractivity contribution in [3.63, 3.8) is 0 Å². The van der Waals surface area contributed by atoms with Gasteiger partial charge in [-0.3, -0.25) is 0 Å². The van der Waals surface area contributed by atoms with Crippen molar-refractivity contribution in [3.8, 4) is 5.75 Å². The van der Waals surface area contributed by atoms with Crippen molar-refractivity contribution in [1.29, 1.82) is 0 Å². The van der Waals surface area contributed by atoms with E-state index in [0.717, 1.165) is 30.8 Å². The summed E-state index contributed by atoms with van der Waals surface area (Å²) in [6.07, 6.45) is 0.893. The van der Waals surface area contributed by atoms with Crippen molar-refractivity contribution < 1.29 is 9.13 Å². The average Bonchev–Trinajstić information content (AvgIpc) is 2.29. The number of benzene rings is 1. The Hall–Kier alpha value is -1.13. The van der Waals surface area contributed by atoms with E-state index >= 15 is 0 Å². The first-order valence-electron chi connectivity index (χ1n) is 5.97. The van der Waals surface area contributed by atoms with Crippen LogP contribution in [0.4, 0.5) is 4.39 Å². The molecule has 17 heavy (non-hydrogen) atoms. The number of nitrogens with one attached hydrogen (secondary N) is 1.